The third kappa shape index (κ3) is 2.79. The third-order valence-electron chi connectivity index (χ3n) is 4.76. The highest BCUT2D eigenvalue weighted by Crippen LogP contribution is 2.36. The van der Waals surface area contributed by atoms with Gasteiger partial charge in [0.15, 0.2) is 29.1 Å². The minimum absolute atomic E-state index is 0.312. The molecule has 0 saturated heterocycles. The van der Waals surface area contributed by atoms with Gasteiger partial charge in [0.2, 0.25) is 0 Å². The number of para-hydroxylation sites is 2. The first-order chi connectivity index (χ1) is 13.8. The van der Waals surface area contributed by atoms with Crippen molar-refractivity contribution in [2.24, 2.45) is 0 Å². The van der Waals surface area contributed by atoms with Gasteiger partial charge in [-0.2, -0.15) is 0 Å². The molecule has 138 valence electrons. The van der Waals surface area contributed by atoms with Gasteiger partial charge in [-0.3, -0.25) is 4.98 Å². The molecule has 0 N–H and O–H groups in total. The summed E-state index contributed by atoms with van der Waals surface area (Å²) in [5.74, 6) is 2.26. The Hall–Kier alpha value is -3.67. The van der Waals surface area contributed by atoms with Crippen molar-refractivity contribution < 1.29 is 9.47 Å². The zero-order valence-corrected chi connectivity index (χ0v) is 15.2. The van der Waals surface area contributed by atoms with E-state index in [1.807, 2.05) is 48.7 Å². The van der Waals surface area contributed by atoms with Gasteiger partial charge in [-0.1, -0.05) is 18.2 Å². The average molecular weight is 370 g/mol. The van der Waals surface area contributed by atoms with E-state index in [0.717, 1.165) is 34.0 Å². The van der Waals surface area contributed by atoms with E-state index in [-0.39, 0.29) is 6.10 Å². The highest BCUT2D eigenvalue weighted by Gasteiger charge is 2.28. The maximum atomic E-state index is 6.17. The highest BCUT2D eigenvalue weighted by atomic mass is 16.6. The maximum absolute atomic E-state index is 6.17. The summed E-state index contributed by atoms with van der Waals surface area (Å²) in [7, 11) is 0. The Morgan fingerprint density at radius 1 is 1.11 bits per heavy atom. The molecule has 0 spiro atoms. The largest absolute Gasteiger partial charge is 0.485 e. The summed E-state index contributed by atoms with van der Waals surface area (Å²) in [6.07, 6.45) is 6.92. The van der Waals surface area contributed by atoms with Crippen LogP contribution in [0.5, 0.6) is 11.5 Å². The molecule has 1 atom stereocenters. The van der Waals surface area contributed by atoms with Crippen LogP contribution >= 0.6 is 0 Å². The number of allylic oxidation sites excluding steroid dienone is 1. The smallest absolute Gasteiger partial charge is 0.190 e. The summed E-state index contributed by atoms with van der Waals surface area (Å²) in [5, 5.41) is 0. The minimum Gasteiger partial charge on any atom is -0.485 e. The molecular formula is C22H18N4O2. The monoisotopic (exact) mass is 370 g/mol. The Morgan fingerprint density at radius 3 is 2.75 bits per heavy atom. The van der Waals surface area contributed by atoms with E-state index < -0.39 is 0 Å². The molecule has 1 aliphatic rings. The second kappa shape index (κ2) is 6.81. The average Bonchev–Trinajstić information content (AvgIpc) is 3.12. The summed E-state index contributed by atoms with van der Waals surface area (Å²) < 4.78 is 14.1. The van der Waals surface area contributed by atoms with Crippen molar-refractivity contribution in [1.82, 2.24) is 19.5 Å². The van der Waals surface area contributed by atoms with Crippen molar-refractivity contribution in [3.63, 3.8) is 0 Å². The zero-order valence-electron chi connectivity index (χ0n) is 15.2. The van der Waals surface area contributed by atoms with E-state index in [4.69, 9.17) is 14.5 Å². The standard InChI is InChI=1S/C22H18N4O2/c1-2-11-26-17-12-16(15-7-9-23-10-8-15)13-24-21(17)25-22(26)20-14-27-18-5-3-4-6-19(18)28-20/h2-10,12-13,20H,1,11,14H2. The molecule has 1 unspecified atom stereocenters. The van der Waals surface area contributed by atoms with Crippen LogP contribution in [0.15, 0.2) is 73.7 Å². The van der Waals surface area contributed by atoms with Gasteiger partial charge in [-0.25, -0.2) is 9.97 Å². The zero-order chi connectivity index (χ0) is 18.9. The summed E-state index contributed by atoms with van der Waals surface area (Å²) >= 11 is 0. The lowest BCUT2D eigenvalue weighted by Crippen LogP contribution is -2.24. The molecule has 0 aliphatic carbocycles. The molecule has 4 aromatic rings. The first-order valence-corrected chi connectivity index (χ1v) is 9.09. The molecule has 0 amide bonds. The van der Waals surface area contributed by atoms with Crippen LogP contribution in [0.4, 0.5) is 0 Å². The number of nitrogens with zero attached hydrogens (tertiary/aromatic N) is 4. The lowest BCUT2D eigenvalue weighted by Gasteiger charge is -2.26. The Labute approximate surface area is 162 Å². The van der Waals surface area contributed by atoms with Crippen molar-refractivity contribution in [1.29, 1.82) is 0 Å². The number of fused-ring (bicyclic) bond motifs is 2. The molecule has 28 heavy (non-hydrogen) atoms. The van der Waals surface area contributed by atoms with E-state index in [1.165, 1.54) is 0 Å². The van der Waals surface area contributed by atoms with E-state index in [0.29, 0.717) is 18.8 Å². The fraction of sp³-hybridized carbons (Fsp3) is 0.136. The number of pyridine rings is 2. The lowest BCUT2D eigenvalue weighted by molar-refractivity contribution is 0.0831. The third-order valence-corrected chi connectivity index (χ3v) is 4.76. The molecule has 5 rings (SSSR count). The van der Waals surface area contributed by atoms with Gasteiger partial charge in [-0.15, -0.1) is 6.58 Å². The van der Waals surface area contributed by atoms with Crippen molar-refractivity contribution in [2.45, 2.75) is 12.6 Å². The van der Waals surface area contributed by atoms with E-state index in [2.05, 4.69) is 27.2 Å². The molecule has 1 aromatic carbocycles. The molecule has 0 fully saturated rings. The van der Waals surface area contributed by atoms with Crippen LogP contribution in [0, 0.1) is 0 Å². The van der Waals surface area contributed by atoms with Gasteiger partial charge in [0.1, 0.15) is 6.61 Å². The van der Waals surface area contributed by atoms with Crippen LogP contribution in [0.3, 0.4) is 0 Å². The number of hydrogen-bond acceptors (Lipinski definition) is 5. The predicted octanol–water partition coefficient (Wildman–Crippen LogP) is 4.19. The number of hydrogen-bond donors (Lipinski definition) is 0. The SMILES string of the molecule is C=CCn1c(C2COc3ccccc3O2)nc2ncc(-c3ccncc3)cc21. The lowest BCUT2D eigenvalue weighted by atomic mass is 10.1. The van der Waals surface area contributed by atoms with Gasteiger partial charge in [0, 0.05) is 30.7 Å². The quantitative estimate of drug-likeness (QED) is 0.504. The van der Waals surface area contributed by atoms with Crippen LogP contribution in [0.1, 0.15) is 11.9 Å². The Balaban J connectivity index is 1.59. The molecule has 0 bridgehead atoms. The summed E-state index contributed by atoms with van der Waals surface area (Å²) in [6.45, 7) is 4.90. The Bertz CT molecular complexity index is 1150. The minimum atomic E-state index is -0.312. The van der Waals surface area contributed by atoms with Crippen molar-refractivity contribution in [3.05, 3.63) is 79.5 Å². The van der Waals surface area contributed by atoms with Gasteiger partial charge in [-0.05, 0) is 35.9 Å². The van der Waals surface area contributed by atoms with Gasteiger partial charge < -0.3 is 14.0 Å². The van der Waals surface area contributed by atoms with Crippen LogP contribution in [-0.2, 0) is 6.54 Å². The fourth-order valence-corrected chi connectivity index (χ4v) is 3.44. The molecule has 6 heteroatoms. The number of benzene rings is 1. The molecular weight excluding hydrogens is 352 g/mol. The molecule has 4 heterocycles. The number of aromatic nitrogens is 4. The Morgan fingerprint density at radius 2 is 1.93 bits per heavy atom. The summed E-state index contributed by atoms with van der Waals surface area (Å²) in [4.78, 5) is 13.4. The molecule has 3 aromatic heterocycles. The molecule has 1 aliphatic heterocycles. The van der Waals surface area contributed by atoms with E-state index >= 15 is 0 Å². The topological polar surface area (TPSA) is 62.1 Å². The highest BCUT2D eigenvalue weighted by molar-refractivity contribution is 5.79. The van der Waals surface area contributed by atoms with Crippen molar-refractivity contribution >= 4 is 11.2 Å². The first kappa shape index (κ1) is 16.5. The van der Waals surface area contributed by atoms with Crippen LogP contribution in [0.2, 0.25) is 0 Å². The number of ether oxygens (including phenoxy) is 2. The van der Waals surface area contributed by atoms with Crippen LogP contribution < -0.4 is 9.47 Å². The Kier molecular flexibility index (Phi) is 4.01. The number of rotatable bonds is 4. The van der Waals surface area contributed by atoms with Gasteiger partial charge in [0.05, 0.1) is 5.52 Å². The van der Waals surface area contributed by atoms with E-state index in [1.54, 1.807) is 12.4 Å². The maximum Gasteiger partial charge on any atom is 0.190 e. The first-order valence-electron chi connectivity index (χ1n) is 9.09. The summed E-state index contributed by atoms with van der Waals surface area (Å²) in [6, 6.07) is 13.7. The van der Waals surface area contributed by atoms with Crippen LogP contribution in [0.25, 0.3) is 22.3 Å². The number of imidazole rings is 1. The molecule has 0 radical (unpaired) electrons. The van der Waals surface area contributed by atoms with Gasteiger partial charge in [0.25, 0.3) is 0 Å². The van der Waals surface area contributed by atoms with Crippen molar-refractivity contribution in [3.8, 4) is 22.6 Å². The summed E-state index contributed by atoms with van der Waals surface area (Å²) in [5.41, 5.74) is 3.69. The molecule has 6 nitrogen and oxygen atoms in total. The normalized spacial score (nSPS) is 15.5. The fourth-order valence-electron chi connectivity index (χ4n) is 3.44. The second-order valence-corrected chi connectivity index (χ2v) is 6.54. The van der Waals surface area contributed by atoms with Crippen LogP contribution in [-0.4, -0.2) is 26.1 Å². The molecule has 0 saturated carbocycles. The predicted molar refractivity (Wildman–Crippen MR) is 106 cm³/mol. The van der Waals surface area contributed by atoms with E-state index in [9.17, 15) is 0 Å². The van der Waals surface area contributed by atoms with Gasteiger partial charge >= 0.3 is 0 Å². The van der Waals surface area contributed by atoms with Crippen molar-refractivity contribution in [2.75, 3.05) is 6.61 Å². The second-order valence-electron chi connectivity index (χ2n) is 6.54.